The van der Waals surface area contributed by atoms with Crippen molar-refractivity contribution in [3.05, 3.63) is 47.0 Å². The van der Waals surface area contributed by atoms with Crippen LogP contribution >= 0.6 is 0 Å². The summed E-state index contributed by atoms with van der Waals surface area (Å²) in [6.45, 7) is 34.2. The van der Waals surface area contributed by atoms with Gasteiger partial charge in [-0.3, -0.25) is 0 Å². The smallest absolute Gasteiger partial charge is 0.337 e. The Hall–Kier alpha value is -2.95. The van der Waals surface area contributed by atoms with Crippen LogP contribution in [0.25, 0.3) is 0 Å². The van der Waals surface area contributed by atoms with E-state index in [4.69, 9.17) is 28.4 Å². The second-order valence-corrected chi connectivity index (χ2v) is 31.2. The minimum atomic E-state index is -0.997. The average Bonchev–Trinajstić information content (AvgIpc) is 1.62. The molecule has 1 N–H and O–H groups in total. The summed E-state index contributed by atoms with van der Waals surface area (Å²) in [6, 6.07) is 0. The van der Waals surface area contributed by atoms with E-state index in [-0.39, 0.29) is 37.8 Å². The maximum Gasteiger partial charge on any atom is 0.337 e. The minimum Gasteiger partial charge on any atom is -0.457 e. The summed E-state index contributed by atoms with van der Waals surface area (Å²) in [5.41, 5.74) is 5.07. The number of esters is 2. The molecule has 6 saturated carbocycles. The highest BCUT2D eigenvalue weighted by atomic mass is 16.7. The number of aliphatic hydroxyl groups excluding tert-OH is 1. The summed E-state index contributed by atoms with van der Waals surface area (Å²) in [7, 11) is 0. The molecule has 10 heteroatoms. The highest BCUT2D eigenvalue weighted by molar-refractivity contribution is 5.83. The standard InChI is InChI=1S/C36H58O5.C29H48O2.C7H10O3/c1-23(2)9-8-10-24(3)30-13-14-31-29-12-11-25-19-27(15-17-35(25,6)32(29)16-18-36(30,31)7)39-22-26(37)20-28-21-33(38)41-34(4,5)40-28;1-20(2)7-6-8-21(3)25-11-12-26-24-10-9-22-19-23(31-18-17-30)13-15-28(22,4)27(24)14-16-29(25,26)5;1-5-4-6(8)10-7(2,3)9-5/h11,21,23-24,26-27,29-32,37H,8-10,12-20,22H2,1-7H3;9,17,20-21,23-27H,6-8,10-16,18-19H2,1-5H3;4H,1-3H3/t24-,26?,27+,29?,30-,31?,32?,35+,36-;21-,23+,24?,25-,26?,27?,28+,29-;/m11./s1. The number of hydrogen-bond donors (Lipinski definition) is 1. The zero-order valence-corrected chi connectivity index (χ0v) is 54.3. The van der Waals surface area contributed by atoms with Gasteiger partial charge in [0.05, 0.1) is 37.1 Å². The number of cyclic esters (lactones) is 2. The van der Waals surface area contributed by atoms with Gasteiger partial charge in [0.1, 0.15) is 24.4 Å². The van der Waals surface area contributed by atoms with Gasteiger partial charge in [-0.2, -0.15) is 0 Å². The van der Waals surface area contributed by atoms with Crippen LogP contribution in [0.4, 0.5) is 0 Å². The zero-order valence-electron chi connectivity index (χ0n) is 54.3. The highest BCUT2D eigenvalue weighted by Crippen LogP contribution is 2.69. The van der Waals surface area contributed by atoms with E-state index in [1.54, 1.807) is 45.8 Å². The predicted molar refractivity (Wildman–Crippen MR) is 327 cm³/mol. The van der Waals surface area contributed by atoms with Crippen molar-refractivity contribution in [2.45, 2.75) is 281 Å². The first-order valence-electron chi connectivity index (χ1n) is 33.6. The molecule has 0 saturated heterocycles. The van der Waals surface area contributed by atoms with E-state index < -0.39 is 23.6 Å². The third kappa shape index (κ3) is 14.7. The number of rotatable bonds is 18. The maximum atomic E-state index is 11.8. The molecule has 0 radical (unpaired) electrons. The van der Waals surface area contributed by atoms with Gasteiger partial charge in [-0.05, 0) is 202 Å². The van der Waals surface area contributed by atoms with Crippen molar-refractivity contribution in [1.82, 2.24) is 0 Å². The molecular formula is C72H116O10. The molecule has 17 atom stereocenters. The van der Waals surface area contributed by atoms with Gasteiger partial charge in [-0.1, -0.05) is 131 Å². The minimum absolute atomic E-state index is 0.152. The summed E-state index contributed by atoms with van der Waals surface area (Å²) >= 11 is 0. The van der Waals surface area contributed by atoms with Crippen molar-refractivity contribution >= 4 is 18.2 Å². The lowest BCUT2D eigenvalue weighted by Crippen LogP contribution is -2.51. The SMILES string of the molecule is CC(C)CCC[C@@H](C)[C@H]1CCC2C3CC=C4C[C@@H](OCC(O)CC5=CC(=O)OC(C)(C)O5)CC[C@]4(C)C3CC[C@@]21C.CC(C)CCC[C@@H](C)[C@H]1CCC2C3CC=C4C[C@@H](OCC=O)CC[C@]4(C)C3CC[C@@]21C.CC1=CC(=O)OC(C)(C)O1. The van der Waals surface area contributed by atoms with Crippen LogP contribution in [0.1, 0.15) is 252 Å². The maximum absolute atomic E-state index is 11.8. The number of hydrogen-bond acceptors (Lipinski definition) is 10. The molecule has 10 aliphatic rings. The van der Waals surface area contributed by atoms with E-state index in [0.717, 1.165) is 103 Å². The molecule has 8 aliphatic carbocycles. The number of aliphatic hydroxyl groups is 1. The predicted octanol–water partition coefficient (Wildman–Crippen LogP) is 17.2. The van der Waals surface area contributed by atoms with Gasteiger partial charge < -0.3 is 38.3 Å². The first-order valence-corrected chi connectivity index (χ1v) is 33.6. The Morgan fingerprint density at radius 3 is 1.48 bits per heavy atom. The Labute approximate surface area is 498 Å². The van der Waals surface area contributed by atoms with E-state index >= 15 is 0 Å². The number of fused-ring (bicyclic) bond motifs is 10. The quantitative estimate of drug-likeness (QED) is 0.0805. The van der Waals surface area contributed by atoms with Crippen LogP contribution in [0, 0.1) is 92.7 Å². The summed E-state index contributed by atoms with van der Waals surface area (Å²) in [4.78, 5) is 33.3. The second kappa shape index (κ2) is 26.6. The fourth-order valence-electron chi connectivity index (χ4n) is 20.0. The third-order valence-corrected chi connectivity index (χ3v) is 24.0. The topological polar surface area (TPSA) is 127 Å². The van der Waals surface area contributed by atoms with E-state index in [1.807, 2.05) is 0 Å². The number of ether oxygens (including phenoxy) is 6. The lowest BCUT2D eigenvalue weighted by atomic mass is 9.47. The molecule has 0 aromatic carbocycles. The van der Waals surface area contributed by atoms with Crippen LogP contribution in [0.3, 0.4) is 0 Å². The number of carbonyl (C=O) groups is 3. The summed E-state index contributed by atoms with van der Waals surface area (Å²) in [5, 5.41) is 10.7. The van der Waals surface area contributed by atoms with E-state index in [2.05, 4.69) is 81.4 Å². The summed E-state index contributed by atoms with van der Waals surface area (Å²) in [6.07, 6.45) is 37.9. The Morgan fingerprint density at radius 2 is 1.04 bits per heavy atom. The lowest BCUT2D eigenvalue weighted by molar-refractivity contribution is -0.207. The van der Waals surface area contributed by atoms with Gasteiger partial charge in [0.15, 0.2) is 0 Å². The first-order chi connectivity index (χ1) is 38.6. The van der Waals surface area contributed by atoms with Crippen LogP contribution < -0.4 is 0 Å². The van der Waals surface area contributed by atoms with Gasteiger partial charge in [0.25, 0.3) is 0 Å². The summed E-state index contributed by atoms with van der Waals surface area (Å²) in [5.74, 6) is 8.99. The van der Waals surface area contributed by atoms with Crippen molar-refractivity contribution in [3.8, 4) is 0 Å². The Balaban J connectivity index is 0.000000188. The van der Waals surface area contributed by atoms with Crippen molar-refractivity contribution < 1.29 is 47.9 Å². The van der Waals surface area contributed by atoms with Gasteiger partial charge >= 0.3 is 11.9 Å². The fraction of sp³-hybridized carbons (Fsp3) is 0.847. The zero-order chi connectivity index (χ0) is 59.6. The summed E-state index contributed by atoms with van der Waals surface area (Å²) < 4.78 is 32.9. The Kier molecular flexibility index (Phi) is 21.1. The largest absolute Gasteiger partial charge is 0.457 e. The van der Waals surface area contributed by atoms with Crippen LogP contribution in [-0.2, 0) is 42.8 Å². The van der Waals surface area contributed by atoms with Gasteiger partial charge in [0, 0.05) is 34.1 Å². The molecule has 0 amide bonds. The van der Waals surface area contributed by atoms with Crippen LogP contribution in [-0.4, -0.2) is 66.4 Å². The number of carbonyl (C=O) groups excluding carboxylic acids is 3. The van der Waals surface area contributed by atoms with Crippen molar-refractivity contribution in [2.75, 3.05) is 13.2 Å². The molecule has 6 fully saturated rings. The monoisotopic (exact) mass is 1140 g/mol. The van der Waals surface area contributed by atoms with E-state index in [0.29, 0.717) is 33.2 Å². The average molecular weight is 1140 g/mol. The lowest BCUT2D eigenvalue weighted by Gasteiger charge is -2.58. The molecule has 10 rings (SSSR count). The molecule has 0 bridgehead atoms. The molecule has 464 valence electrons. The van der Waals surface area contributed by atoms with Crippen molar-refractivity contribution in [1.29, 1.82) is 0 Å². The van der Waals surface area contributed by atoms with Crippen molar-refractivity contribution in [3.63, 3.8) is 0 Å². The Morgan fingerprint density at radius 1 is 0.573 bits per heavy atom. The molecular weight excluding hydrogens is 1020 g/mol. The molecule has 7 unspecified atom stereocenters. The first kappa shape index (κ1) is 65.0. The molecule has 0 aromatic rings. The normalized spacial score (nSPS) is 38.8. The van der Waals surface area contributed by atoms with E-state index in [1.165, 1.54) is 128 Å². The Bertz CT molecular complexity index is 2320. The van der Waals surface area contributed by atoms with Gasteiger partial charge in [0.2, 0.25) is 11.6 Å². The van der Waals surface area contributed by atoms with E-state index in [9.17, 15) is 19.5 Å². The molecule has 2 heterocycles. The molecule has 0 spiro atoms. The van der Waals surface area contributed by atoms with Crippen LogP contribution in [0.15, 0.2) is 47.0 Å². The van der Waals surface area contributed by atoms with Crippen LogP contribution in [0.2, 0.25) is 0 Å². The third-order valence-electron chi connectivity index (χ3n) is 24.0. The van der Waals surface area contributed by atoms with Crippen molar-refractivity contribution in [2.24, 2.45) is 92.7 Å². The molecule has 0 aromatic heterocycles. The van der Waals surface area contributed by atoms with Crippen LogP contribution in [0.5, 0.6) is 0 Å². The number of aldehydes is 1. The molecule has 10 nitrogen and oxygen atoms in total. The van der Waals surface area contributed by atoms with Gasteiger partial charge in [-0.25, -0.2) is 9.59 Å². The highest BCUT2D eigenvalue weighted by Gasteiger charge is 2.61. The van der Waals surface area contributed by atoms with Gasteiger partial charge in [-0.15, -0.1) is 0 Å². The molecule has 2 aliphatic heterocycles. The fourth-order valence-corrected chi connectivity index (χ4v) is 20.0. The molecule has 82 heavy (non-hydrogen) atoms. The second-order valence-electron chi connectivity index (χ2n) is 31.2. The number of allylic oxidation sites excluding steroid dienone is 3.